The Hall–Kier alpha value is -1.56. The first kappa shape index (κ1) is 14.5. The summed E-state index contributed by atoms with van der Waals surface area (Å²) in [4.78, 5) is 0. The van der Waals surface area contributed by atoms with Crippen molar-refractivity contribution in [2.45, 2.75) is 27.7 Å². The van der Waals surface area contributed by atoms with Crippen LogP contribution < -0.4 is 0 Å². The molecule has 0 aliphatic rings. The molecule has 96 valence electrons. The van der Waals surface area contributed by atoms with Crippen molar-refractivity contribution >= 4 is 6.08 Å². The van der Waals surface area contributed by atoms with Crippen molar-refractivity contribution in [3.63, 3.8) is 0 Å². The summed E-state index contributed by atoms with van der Waals surface area (Å²) in [7, 11) is 0. The number of aliphatic hydroxyl groups is 1. The summed E-state index contributed by atoms with van der Waals surface area (Å²) in [5.74, 6) is 0. The standard InChI is InChI=1S/C17H22O/c1-14(12-13-18)16(17(2,3)4)11-10-15-8-6-5-7-9-15/h5-10,12,18H,13H2,1-4H3/b14-12+. The summed E-state index contributed by atoms with van der Waals surface area (Å²) < 4.78 is 0. The summed E-state index contributed by atoms with van der Waals surface area (Å²) in [5.41, 5.74) is 6.73. The fraction of sp³-hybridized carbons (Fsp3) is 0.353. The van der Waals surface area contributed by atoms with Crippen LogP contribution in [0.5, 0.6) is 0 Å². The molecule has 0 atom stereocenters. The summed E-state index contributed by atoms with van der Waals surface area (Å²) in [6.07, 6.45) is 3.82. The van der Waals surface area contributed by atoms with Crippen LogP contribution in [0.25, 0.3) is 6.08 Å². The van der Waals surface area contributed by atoms with Gasteiger partial charge in [-0.2, -0.15) is 0 Å². The third-order valence-electron chi connectivity index (χ3n) is 2.72. The van der Waals surface area contributed by atoms with Crippen LogP contribution in [0.1, 0.15) is 33.3 Å². The number of aliphatic hydroxyl groups excluding tert-OH is 1. The Bertz CT molecular complexity index is 466. The maximum Gasteiger partial charge on any atom is 0.0618 e. The van der Waals surface area contributed by atoms with Crippen molar-refractivity contribution in [3.05, 3.63) is 58.8 Å². The summed E-state index contributed by atoms with van der Waals surface area (Å²) in [5, 5.41) is 9.01. The molecule has 0 aromatic heterocycles. The predicted molar refractivity (Wildman–Crippen MR) is 78.2 cm³/mol. The molecule has 1 N–H and O–H groups in total. The molecular weight excluding hydrogens is 220 g/mol. The molecule has 0 aliphatic heterocycles. The van der Waals surface area contributed by atoms with Crippen LogP contribution in [0.4, 0.5) is 0 Å². The van der Waals surface area contributed by atoms with E-state index in [0.29, 0.717) is 0 Å². The summed E-state index contributed by atoms with van der Waals surface area (Å²) >= 11 is 0. The first-order valence-electron chi connectivity index (χ1n) is 6.25. The molecule has 1 aromatic rings. The molecule has 0 saturated carbocycles. The van der Waals surface area contributed by atoms with E-state index in [-0.39, 0.29) is 12.0 Å². The maximum atomic E-state index is 9.01. The van der Waals surface area contributed by atoms with Gasteiger partial charge in [0, 0.05) is 5.57 Å². The van der Waals surface area contributed by atoms with Crippen LogP contribution in [-0.4, -0.2) is 11.7 Å². The Kier molecular flexibility index (Phi) is 5.15. The van der Waals surface area contributed by atoms with Gasteiger partial charge in [-0.3, -0.25) is 0 Å². The molecule has 1 aromatic carbocycles. The van der Waals surface area contributed by atoms with Crippen molar-refractivity contribution in [3.8, 4) is 0 Å². The molecule has 0 heterocycles. The fourth-order valence-corrected chi connectivity index (χ4v) is 1.87. The molecule has 0 bridgehead atoms. The summed E-state index contributed by atoms with van der Waals surface area (Å²) in [6.45, 7) is 8.55. The van der Waals surface area contributed by atoms with E-state index in [1.165, 1.54) is 0 Å². The highest BCUT2D eigenvalue weighted by Crippen LogP contribution is 2.30. The van der Waals surface area contributed by atoms with Gasteiger partial charge in [-0.25, -0.2) is 0 Å². The van der Waals surface area contributed by atoms with Gasteiger partial charge < -0.3 is 5.11 Å². The molecule has 0 saturated heterocycles. The van der Waals surface area contributed by atoms with Gasteiger partial charge in [0.1, 0.15) is 0 Å². The molecule has 1 heteroatoms. The second kappa shape index (κ2) is 6.39. The normalized spacial score (nSPS) is 11.9. The molecule has 0 aliphatic carbocycles. The zero-order valence-corrected chi connectivity index (χ0v) is 11.7. The minimum atomic E-state index is 0.0149. The van der Waals surface area contributed by atoms with Gasteiger partial charge in [-0.05, 0) is 29.6 Å². The first-order chi connectivity index (χ1) is 8.45. The van der Waals surface area contributed by atoms with Gasteiger partial charge >= 0.3 is 0 Å². The van der Waals surface area contributed by atoms with Crippen LogP contribution in [0.15, 0.2) is 53.3 Å². The van der Waals surface area contributed by atoms with E-state index < -0.39 is 0 Å². The second-order valence-corrected chi connectivity index (χ2v) is 5.39. The van der Waals surface area contributed by atoms with Gasteiger partial charge in [0.15, 0.2) is 0 Å². The van der Waals surface area contributed by atoms with Crippen molar-refractivity contribution in [1.29, 1.82) is 0 Å². The van der Waals surface area contributed by atoms with E-state index >= 15 is 0 Å². The zero-order valence-electron chi connectivity index (χ0n) is 11.7. The Morgan fingerprint density at radius 3 is 2.33 bits per heavy atom. The maximum absolute atomic E-state index is 9.01. The van der Waals surface area contributed by atoms with Crippen molar-refractivity contribution in [1.82, 2.24) is 0 Å². The number of hydrogen-bond donors (Lipinski definition) is 1. The lowest BCUT2D eigenvalue weighted by Gasteiger charge is -2.21. The Balaban J connectivity index is 3.20. The first-order valence-corrected chi connectivity index (χ1v) is 6.25. The average molecular weight is 242 g/mol. The molecule has 0 spiro atoms. The smallest absolute Gasteiger partial charge is 0.0618 e. The van der Waals surface area contributed by atoms with Gasteiger partial charge in [0.05, 0.1) is 6.61 Å². The highest BCUT2D eigenvalue weighted by atomic mass is 16.2. The van der Waals surface area contributed by atoms with Crippen molar-refractivity contribution < 1.29 is 5.11 Å². The highest BCUT2D eigenvalue weighted by Gasteiger charge is 2.17. The van der Waals surface area contributed by atoms with Crippen LogP contribution >= 0.6 is 0 Å². The lowest BCUT2D eigenvalue weighted by atomic mass is 9.82. The Labute approximate surface area is 110 Å². The van der Waals surface area contributed by atoms with Gasteiger partial charge in [-0.1, -0.05) is 57.2 Å². The second-order valence-electron chi connectivity index (χ2n) is 5.39. The van der Waals surface area contributed by atoms with Crippen molar-refractivity contribution in [2.75, 3.05) is 6.61 Å². The molecule has 0 unspecified atom stereocenters. The van der Waals surface area contributed by atoms with Crippen LogP contribution in [0.2, 0.25) is 0 Å². The number of hydrogen-bond acceptors (Lipinski definition) is 1. The lowest BCUT2D eigenvalue weighted by Crippen LogP contribution is -2.10. The van der Waals surface area contributed by atoms with E-state index in [2.05, 4.69) is 38.6 Å². The quantitative estimate of drug-likeness (QED) is 0.622. The highest BCUT2D eigenvalue weighted by molar-refractivity contribution is 5.51. The SMILES string of the molecule is C/C(=C\CO)C(=C=Cc1ccccc1)C(C)(C)C. The molecule has 0 amide bonds. The van der Waals surface area contributed by atoms with Crippen molar-refractivity contribution in [2.24, 2.45) is 5.41 Å². The molecule has 1 rings (SSSR count). The van der Waals surface area contributed by atoms with E-state index in [1.807, 2.05) is 37.3 Å². The molecular formula is C17H22O. The average Bonchev–Trinajstić information content (AvgIpc) is 2.29. The van der Waals surface area contributed by atoms with E-state index in [1.54, 1.807) is 0 Å². The number of benzene rings is 1. The lowest BCUT2D eigenvalue weighted by molar-refractivity contribution is 0.341. The third kappa shape index (κ3) is 4.37. The Morgan fingerprint density at radius 1 is 1.22 bits per heavy atom. The van der Waals surface area contributed by atoms with Crippen LogP contribution in [-0.2, 0) is 0 Å². The molecule has 1 nitrogen and oxygen atoms in total. The van der Waals surface area contributed by atoms with Gasteiger partial charge in [0.25, 0.3) is 0 Å². The topological polar surface area (TPSA) is 20.2 Å². The summed E-state index contributed by atoms with van der Waals surface area (Å²) in [6, 6.07) is 10.1. The molecule has 0 radical (unpaired) electrons. The monoisotopic (exact) mass is 242 g/mol. The van der Waals surface area contributed by atoms with E-state index in [0.717, 1.165) is 16.7 Å². The third-order valence-corrected chi connectivity index (χ3v) is 2.72. The number of allylic oxidation sites excluding steroid dienone is 2. The molecule has 18 heavy (non-hydrogen) atoms. The van der Waals surface area contributed by atoms with Crippen LogP contribution in [0, 0.1) is 5.41 Å². The molecule has 0 fully saturated rings. The minimum absolute atomic E-state index is 0.0149. The van der Waals surface area contributed by atoms with Crippen LogP contribution in [0.3, 0.4) is 0 Å². The van der Waals surface area contributed by atoms with E-state index in [9.17, 15) is 0 Å². The van der Waals surface area contributed by atoms with E-state index in [4.69, 9.17) is 5.11 Å². The zero-order chi connectivity index (χ0) is 13.6. The predicted octanol–water partition coefficient (Wildman–Crippen LogP) is 4.21. The largest absolute Gasteiger partial charge is 0.392 e. The number of rotatable bonds is 3. The van der Waals surface area contributed by atoms with Gasteiger partial charge in [-0.15, -0.1) is 5.73 Å². The van der Waals surface area contributed by atoms with Gasteiger partial charge in [0.2, 0.25) is 0 Å². The Morgan fingerprint density at radius 2 is 1.83 bits per heavy atom. The minimum Gasteiger partial charge on any atom is -0.392 e. The fourth-order valence-electron chi connectivity index (χ4n) is 1.87.